The van der Waals surface area contributed by atoms with Gasteiger partial charge in [-0.15, -0.1) is 0 Å². The normalized spacial score (nSPS) is 14.7. The van der Waals surface area contributed by atoms with Gasteiger partial charge in [-0.05, 0) is 41.3 Å². The molecular weight excluding hydrogens is 318 g/mol. The third kappa shape index (κ3) is 3.28. The molecule has 1 saturated carbocycles. The first-order chi connectivity index (χ1) is 9.81. The second-order valence-electron chi connectivity index (χ2n) is 4.86. The fourth-order valence-electron chi connectivity index (χ4n) is 2.01. The Morgan fingerprint density at radius 2 is 1.95 bits per heavy atom. The Bertz CT molecular complexity index is 570. The molecule has 0 amide bonds. The molecule has 0 spiro atoms. The largest absolute Gasteiger partial charge is 0.490 e. The van der Waals surface area contributed by atoms with Crippen molar-refractivity contribution in [2.75, 3.05) is 5.32 Å². The fourth-order valence-corrected chi connectivity index (χ4v) is 2.22. The number of ether oxygens (including phenoxy) is 1. The molecule has 20 heavy (non-hydrogen) atoms. The van der Waals surface area contributed by atoms with E-state index >= 15 is 0 Å². The molecular formula is C15H16BrN3O. The van der Waals surface area contributed by atoms with Crippen LogP contribution in [0.15, 0.2) is 41.1 Å². The van der Waals surface area contributed by atoms with Crippen molar-refractivity contribution in [3.8, 4) is 5.75 Å². The Morgan fingerprint density at radius 3 is 2.65 bits per heavy atom. The van der Waals surface area contributed by atoms with E-state index in [0.717, 1.165) is 28.6 Å². The van der Waals surface area contributed by atoms with Gasteiger partial charge in [0.25, 0.3) is 0 Å². The van der Waals surface area contributed by atoms with Gasteiger partial charge in [-0.3, -0.25) is 0 Å². The summed E-state index contributed by atoms with van der Waals surface area (Å²) in [5, 5.41) is 3.21. The summed E-state index contributed by atoms with van der Waals surface area (Å²) in [7, 11) is 0. The summed E-state index contributed by atoms with van der Waals surface area (Å²) in [5.41, 5.74) is 1.13. The van der Waals surface area contributed by atoms with Crippen molar-refractivity contribution in [1.29, 1.82) is 0 Å². The predicted octanol–water partition coefficient (Wildman–Crippen LogP) is 3.78. The number of halogens is 1. The first-order valence-electron chi connectivity index (χ1n) is 6.77. The molecule has 1 fully saturated rings. The molecule has 1 heterocycles. The zero-order chi connectivity index (χ0) is 13.8. The van der Waals surface area contributed by atoms with E-state index in [2.05, 4.69) is 37.3 Å². The van der Waals surface area contributed by atoms with Crippen LogP contribution in [0.4, 0.5) is 5.95 Å². The highest BCUT2D eigenvalue weighted by Crippen LogP contribution is 2.27. The average molecular weight is 334 g/mol. The molecule has 1 aromatic carbocycles. The Balaban J connectivity index is 1.65. The summed E-state index contributed by atoms with van der Waals surface area (Å²) < 4.78 is 6.87. The van der Waals surface area contributed by atoms with Crippen LogP contribution in [0.1, 0.15) is 24.8 Å². The SMILES string of the molecule is Brc1cnc(NCc2ccccc2OC2CCC2)nc1. The summed E-state index contributed by atoms with van der Waals surface area (Å²) in [5.74, 6) is 1.58. The predicted molar refractivity (Wildman–Crippen MR) is 81.8 cm³/mol. The topological polar surface area (TPSA) is 47.0 Å². The highest BCUT2D eigenvalue weighted by atomic mass is 79.9. The van der Waals surface area contributed by atoms with Crippen molar-refractivity contribution < 1.29 is 4.74 Å². The molecule has 3 rings (SSSR count). The minimum Gasteiger partial charge on any atom is -0.490 e. The maximum Gasteiger partial charge on any atom is 0.222 e. The van der Waals surface area contributed by atoms with Crippen LogP contribution in [0.2, 0.25) is 0 Å². The Hall–Kier alpha value is -1.62. The quantitative estimate of drug-likeness (QED) is 0.904. The van der Waals surface area contributed by atoms with E-state index in [0.29, 0.717) is 18.6 Å². The minimum atomic E-state index is 0.389. The van der Waals surface area contributed by atoms with Crippen LogP contribution in [0.5, 0.6) is 5.75 Å². The van der Waals surface area contributed by atoms with Crippen molar-refractivity contribution in [1.82, 2.24) is 9.97 Å². The van der Waals surface area contributed by atoms with E-state index in [4.69, 9.17) is 4.74 Å². The lowest BCUT2D eigenvalue weighted by molar-refractivity contribution is 0.119. The van der Waals surface area contributed by atoms with Gasteiger partial charge in [-0.1, -0.05) is 18.2 Å². The zero-order valence-electron chi connectivity index (χ0n) is 11.1. The number of aromatic nitrogens is 2. The zero-order valence-corrected chi connectivity index (χ0v) is 12.6. The minimum absolute atomic E-state index is 0.389. The van der Waals surface area contributed by atoms with Gasteiger partial charge in [0.05, 0.1) is 10.6 Å². The maximum atomic E-state index is 6.00. The van der Waals surface area contributed by atoms with Gasteiger partial charge in [0.1, 0.15) is 5.75 Å². The number of nitrogens with zero attached hydrogens (tertiary/aromatic N) is 2. The molecule has 0 atom stereocenters. The van der Waals surface area contributed by atoms with Crippen LogP contribution >= 0.6 is 15.9 Å². The van der Waals surface area contributed by atoms with Crippen LogP contribution in [0.25, 0.3) is 0 Å². The number of rotatable bonds is 5. The molecule has 104 valence electrons. The Labute approximate surface area is 126 Å². The molecule has 1 aliphatic rings. The van der Waals surface area contributed by atoms with E-state index in [9.17, 15) is 0 Å². The summed E-state index contributed by atoms with van der Waals surface area (Å²) in [6, 6.07) is 8.12. The molecule has 0 aliphatic heterocycles. The summed E-state index contributed by atoms with van der Waals surface area (Å²) in [6.45, 7) is 0.657. The molecule has 0 saturated heterocycles. The molecule has 4 nitrogen and oxygen atoms in total. The first-order valence-corrected chi connectivity index (χ1v) is 7.56. The molecule has 5 heteroatoms. The molecule has 1 N–H and O–H groups in total. The Kier molecular flexibility index (Phi) is 4.16. The number of hydrogen-bond acceptors (Lipinski definition) is 4. The van der Waals surface area contributed by atoms with Crippen molar-refractivity contribution >= 4 is 21.9 Å². The van der Waals surface area contributed by atoms with Crippen LogP contribution in [0, 0.1) is 0 Å². The maximum absolute atomic E-state index is 6.00. The van der Waals surface area contributed by atoms with E-state index in [1.54, 1.807) is 12.4 Å². The van der Waals surface area contributed by atoms with Crippen molar-refractivity contribution in [2.45, 2.75) is 31.9 Å². The highest BCUT2D eigenvalue weighted by molar-refractivity contribution is 9.10. The number of hydrogen-bond donors (Lipinski definition) is 1. The van der Waals surface area contributed by atoms with Gasteiger partial charge in [-0.2, -0.15) is 0 Å². The fraction of sp³-hybridized carbons (Fsp3) is 0.333. The number of nitrogens with one attached hydrogen (secondary N) is 1. The molecule has 0 radical (unpaired) electrons. The molecule has 2 aromatic rings. The van der Waals surface area contributed by atoms with Crippen LogP contribution < -0.4 is 10.1 Å². The summed E-state index contributed by atoms with van der Waals surface area (Å²) in [6.07, 6.45) is 7.45. The lowest BCUT2D eigenvalue weighted by atomic mass is 9.96. The monoisotopic (exact) mass is 333 g/mol. The second kappa shape index (κ2) is 6.22. The third-order valence-corrected chi connectivity index (χ3v) is 3.79. The number of benzene rings is 1. The van der Waals surface area contributed by atoms with E-state index in [1.165, 1.54) is 6.42 Å². The van der Waals surface area contributed by atoms with Gasteiger partial charge in [0.15, 0.2) is 0 Å². The van der Waals surface area contributed by atoms with Gasteiger partial charge in [0.2, 0.25) is 5.95 Å². The second-order valence-corrected chi connectivity index (χ2v) is 5.77. The summed E-state index contributed by atoms with van der Waals surface area (Å²) >= 11 is 3.32. The van der Waals surface area contributed by atoms with Crippen molar-refractivity contribution in [3.63, 3.8) is 0 Å². The number of para-hydroxylation sites is 1. The van der Waals surface area contributed by atoms with Gasteiger partial charge < -0.3 is 10.1 Å². The molecule has 0 unspecified atom stereocenters. The first kappa shape index (κ1) is 13.4. The standard InChI is InChI=1S/C15H16BrN3O/c16-12-9-18-15(19-10-12)17-8-11-4-1-2-7-14(11)20-13-5-3-6-13/h1-2,4,7,9-10,13H,3,5-6,8H2,(H,17,18,19). The van der Waals surface area contributed by atoms with Crippen LogP contribution in [-0.2, 0) is 6.54 Å². The molecule has 1 aliphatic carbocycles. The van der Waals surface area contributed by atoms with Crippen LogP contribution in [0.3, 0.4) is 0 Å². The highest BCUT2D eigenvalue weighted by Gasteiger charge is 2.20. The average Bonchev–Trinajstić information content (AvgIpc) is 2.43. The number of anilines is 1. The lowest BCUT2D eigenvalue weighted by Gasteiger charge is -2.27. The summed E-state index contributed by atoms with van der Waals surface area (Å²) in [4.78, 5) is 8.40. The van der Waals surface area contributed by atoms with E-state index in [1.807, 2.05) is 18.2 Å². The molecule has 0 bridgehead atoms. The van der Waals surface area contributed by atoms with Crippen LogP contribution in [-0.4, -0.2) is 16.1 Å². The van der Waals surface area contributed by atoms with E-state index in [-0.39, 0.29) is 0 Å². The lowest BCUT2D eigenvalue weighted by Crippen LogP contribution is -2.25. The Morgan fingerprint density at radius 1 is 1.20 bits per heavy atom. The third-order valence-electron chi connectivity index (χ3n) is 3.38. The van der Waals surface area contributed by atoms with Gasteiger partial charge in [-0.25, -0.2) is 9.97 Å². The van der Waals surface area contributed by atoms with Crippen molar-refractivity contribution in [3.05, 3.63) is 46.7 Å². The van der Waals surface area contributed by atoms with E-state index < -0.39 is 0 Å². The smallest absolute Gasteiger partial charge is 0.222 e. The van der Waals surface area contributed by atoms with Gasteiger partial charge >= 0.3 is 0 Å². The van der Waals surface area contributed by atoms with Crippen molar-refractivity contribution in [2.24, 2.45) is 0 Å². The van der Waals surface area contributed by atoms with Gasteiger partial charge in [0, 0.05) is 24.5 Å². The molecule has 1 aromatic heterocycles.